The van der Waals surface area contributed by atoms with Crippen LogP contribution in [0, 0.1) is 10.1 Å². The fraction of sp³-hybridized carbons (Fsp3) is 0.333. The van der Waals surface area contributed by atoms with Crippen LogP contribution in [0.5, 0.6) is 0 Å². The molecule has 1 N–H and O–H groups in total. The fourth-order valence-corrected chi connectivity index (χ4v) is 4.12. The number of carbonyl (C=O) groups excluding carboxylic acids is 2. The van der Waals surface area contributed by atoms with Crippen molar-refractivity contribution in [2.75, 3.05) is 31.1 Å². The largest absolute Gasteiger partial charge is 0.362 e. The highest BCUT2D eigenvalue weighted by Crippen LogP contribution is 2.31. The number of hydrogen-bond donors (Lipinski definition) is 1. The van der Waals surface area contributed by atoms with E-state index in [-0.39, 0.29) is 17.2 Å². The summed E-state index contributed by atoms with van der Waals surface area (Å²) in [5.74, 6) is -0.467. The minimum Gasteiger partial charge on any atom is -0.362 e. The van der Waals surface area contributed by atoms with Crippen LogP contribution >= 0.6 is 23.2 Å². The number of anilines is 1. The topological polar surface area (TPSA) is 95.8 Å². The number of nitrogens with zero attached hydrogens (tertiary/aromatic N) is 3. The van der Waals surface area contributed by atoms with Crippen molar-refractivity contribution >= 4 is 46.4 Å². The molecule has 2 amide bonds. The molecule has 10 heteroatoms. The van der Waals surface area contributed by atoms with E-state index in [1.54, 1.807) is 42.2 Å². The molecular formula is C21H22Cl2N4O4. The summed E-state index contributed by atoms with van der Waals surface area (Å²) in [5, 5.41) is 15.4. The van der Waals surface area contributed by atoms with Crippen LogP contribution in [-0.4, -0.2) is 47.8 Å². The molecule has 31 heavy (non-hydrogen) atoms. The summed E-state index contributed by atoms with van der Waals surface area (Å²) in [6.07, 6.45) is 0. The number of carbonyl (C=O) groups is 2. The second-order valence-corrected chi connectivity index (χ2v) is 8.16. The molecule has 0 spiro atoms. The van der Waals surface area contributed by atoms with E-state index in [1.807, 2.05) is 4.90 Å². The molecule has 164 valence electrons. The number of rotatable bonds is 5. The summed E-state index contributed by atoms with van der Waals surface area (Å²) in [5.41, 5.74) is 1.14. The van der Waals surface area contributed by atoms with Gasteiger partial charge in [0.05, 0.1) is 11.0 Å². The third-order valence-corrected chi connectivity index (χ3v) is 5.84. The zero-order valence-electron chi connectivity index (χ0n) is 17.1. The van der Waals surface area contributed by atoms with E-state index >= 15 is 0 Å². The third-order valence-electron chi connectivity index (χ3n) is 5.28. The molecule has 1 saturated heterocycles. The number of hydrogen-bond acceptors (Lipinski definition) is 5. The molecule has 0 bridgehead atoms. The molecule has 8 nitrogen and oxygen atoms in total. The van der Waals surface area contributed by atoms with Crippen LogP contribution in [-0.2, 0) is 4.79 Å². The van der Waals surface area contributed by atoms with Crippen LogP contribution in [0.15, 0.2) is 36.4 Å². The van der Waals surface area contributed by atoms with E-state index < -0.39 is 16.9 Å². The average Bonchev–Trinajstić information content (AvgIpc) is 2.73. The highest BCUT2D eigenvalue weighted by atomic mass is 35.5. The fourth-order valence-electron chi connectivity index (χ4n) is 3.55. The van der Waals surface area contributed by atoms with Crippen molar-refractivity contribution in [2.45, 2.75) is 19.9 Å². The molecule has 0 saturated carbocycles. The molecule has 0 radical (unpaired) electrons. The number of nitro groups is 1. The van der Waals surface area contributed by atoms with Gasteiger partial charge in [0, 0.05) is 54.8 Å². The van der Waals surface area contributed by atoms with Gasteiger partial charge in [0.1, 0.15) is 5.69 Å². The van der Waals surface area contributed by atoms with E-state index in [1.165, 1.54) is 13.0 Å². The molecule has 1 fully saturated rings. The van der Waals surface area contributed by atoms with Gasteiger partial charge in [0.25, 0.3) is 11.6 Å². The predicted molar refractivity (Wildman–Crippen MR) is 120 cm³/mol. The van der Waals surface area contributed by atoms with Crippen LogP contribution in [0.2, 0.25) is 10.0 Å². The molecular weight excluding hydrogens is 443 g/mol. The Kier molecular flexibility index (Phi) is 7.02. The van der Waals surface area contributed by atoms with Gasteiger partial charge in [0.15, 0.2) is 0 Å². The lowest BCUT2D eigenvalue weighted by Gasteiger charge is -2.35. The number of amides is 2. The minimum absolute atomic E-state index is 0.0175. The summed E-state index contributed by atoms with van der Waals surface area (Å²) in [6.45, 7) is 5.23. The van der Waals surface area contributed by atoms with Crippen molar-refractivity contribution in [3.63, 3.8) is 0 Å². The maximum Gasteiger partial charge on any atom is 0.293 e. The van der Waals surface area contributed by atoms with Gasteiger partial charge in [-0.3, -0.25) is 19.7 Å². The maximum absolute atomic E-state index is 12.7. The Morgan fingerprint density at radius 3 is 2.35 bits per heavy atom. The Hall–Kier alpha value is -2.84. The summed E-state index contributed by atoms with van der Waals surface area (Å²) in [4.78, 5) is 39.0. The Morgan fingerprint density at radius 1 is 1.10 bits per heavy atom. The number of benzene rings is 2. The van der Waals surface area contributed by atoms with Gasteiger partial charge in [-0.15, -0.1) is 0 Å². The van der Waals surface area contributed by atoms with E-state index in [2.05, 4.69) is 5.32 Å². The predicted octanol–water partition coefficient (Wildman–Crippen LogP) is 4.06. The molecule has 3 rings (SSSR count). The summed E-state index contributed by atoms with van der Waals surface area (Å²) in [7, 11) is 0. The van der Waals surface area contributed by atoms with Crippen LogP contribution < -0.4 is 10.2 Å². The van der Waals surface area contributed by atoms with Crippen LogP contribution in [0.3, 0.4) is 0 Å². The standard InChI is InChI=1S/C21H22Cl2N4O4/c1-13(17-5-4-16(22)12-18(17)23)24-21(29)15-3-6-19(20(11-15)27(30)31)26-9-7-25(8-10-26)14(2)28/h3-6,11-13H,7-10H2,1-2H3,(H,24,29)/t13-/m1/s1. The third kappa shape index (κ3) is 5.26. The second-order valence-electron chi connectivity index (χ2n) is 7.31. The first-order valence-electron chi connectivity index (χ1n) is 9.72. The number of piperazine rings is 1. The molecule has 0 aromatic heterocycles. The SMILES string of the molecule is CC(=O)N1CCN(c2ccc(C(=O)N[C@H](C)c3ccc(Cl)cc3Cl)cc2[N+](=O)[O-])CC1. The maximum atomic E-state index is 12.7. The van der Waals surface area contributed by atoms with E-state index in [0.29, 0.717) is 47.5 Å². The van der Waals surface area contributed by atoms with Crippen molar-refractivity contribution < 1.29 is 14.5 Å². The normalized spacial score (nSPS) is 14.8. The van der Waals surface area contributed by atoms with Gasteiger partial charge in [-0.05, 0) is 36.8 Å². The Balaban J connectivity index is 1.78. The lowest BCUT2D eigenvalue weighted by atomic mass is 10.1. The van der Waals surface area contributed by atoms with Gasteiger partial charge >= 0.3 is 0 Å². The molecule has 1 heterocycles. The van der Waals surface area contributed by atoms with E-state index in [0.717, 1.165) is 0 Å². The molecule has 0 unspecified atom stereocenters. The molecule has 1 aliphatic heterocycles. The highest BCUT2D eigenvalue weighted by Gasteiger charge is 2.26. The van der Waals surface area contributed by atoms with Crippen molar-refractivity contribution in [1.29, 1.82) is 0 Å². The molecule has 0 aliphatic carbocycles. The van der Waals surface area contributed by atoms with Gasteiger partial charge in [-0.1, -0.05) is 29.3 Å². The van der Waals surface area contributed by atoms with Crippen molar-refractivity contribution in [2.24, 2.45) is 0 Å². The van der Waals surface area contributed by atoms with Crippen LogP contribution in [0.4, 0.5) is 11.4 Å². The number of nitro benzene ring substituents is 1. The van der Waals surface area contributed by atoms with Gasteiger partial charge in [0.2, 0.25) is 5.91 Å². The number of halogens is 2. The monoisotopic (exact) mass is 464 g/mol. The van der Waals surface area contributed by atoms with Gasteiger partial charge in [-0.2, -0.15) is 0 Å². The summed E-state index contributed by atoms with van der Waals surface area (Å²) in [6, 6.07) is 8.99. The van der Waals surface area contributed by atoms with E-state index in [4.69, 9.17) is 23.2 Å². The van der Waals surface area contributed by atoms with Gasteiger partial charge < -0.3 is 15.1 Å². The smallest absolute Gasteiger partial charge is 0.293 e. The van der Waals surface area contributed by atoms with Gasteiger partial charge in [-0.25, -0.2) is 0 Å². The molecule has 2 aromatic rings. The van der Waals surface area contributed by atoms with Crippen molar-refractivity contribution in [1.82, 2.24) is 10.2 Å². The van der Waals surface area contributed by atoms with E-state index in [9.17, 15) is 19.7 Å². The zero-order chi connectivity index (χ0) is 22.7. The Bertz CT molecular complexity index is 1020. The Labute approximate surface area is 189 Å². The van der Waals surface area contributed by atoms with Crippen LogP contribution in [0.1, 0.15) is 35.8 Å². The summed E-state index contributed by atoms with van der Waals surface area (Å²) < 4.78 is 0. The molecule has 1 aliphatic rings. The Morgan fingerprint density at radius 2 is 1.77 bits per heavy atom. The number of nitrogens with one attached hydrogen (secondary N) is 1. The average molecular weight is 465 g/mol. The van der Waals surface area contributed by atoms with Crippen molar-refractivity contribution in [3.8, 4) is 0 Å². The van der Waals surface area contributed by atoms with Crippen LogP contribution in [0.25, 0.3) is 0 Å². The summed E-state index contributed by atoms with van der Waals surface area (Å²) >= 11 is 12.1. The second kappa shape index (κ2) is 9.53. The zero-order valence-corrected chi connectivity index (χ0v) is 18.6. The van der Waals surface area contributed by atoms with Crippen molar-refractivity contribution in [3.05, 3.63) is 67.7 Å². The first kappa shape index (κ1) is 22.8. The first-order valence-corrected chi connectivity index (χ1v) is 10.5. The molecule has 2 aromatic carbocycles. The first-order chi connectivity index (χ1) is 14.7. The highest BCUT2D eigenvalue weighted by molar-refractivity contribution is 6.35. The quantitative estimate of drug-likeness (QED) is 0.531. The minimum atomic E-state index is -0.497. The lowest BCUT2D eigenvalue weighted by Crippen LogP contribution is -2.48. The lowest BCUT2D eigenvalue weighted by molar-refractivity contribution is -0.384. The molecule has 1 atom stereocenters.